The molecule has 0 saturated carbocycles. The van der Waals surface area contributed by atoms with Crippen molar-refractivity contribution < 1.29 is 4.79 Å². The molecule has 0 heterocycles. The fourth-order valence-corrected chi connectivity index (χ4v) is 2.02. The lowest BCUT2D eigenvalue weighted by molar-refractivity contribution is 0.0952. The highest BCUT2D eigenvalue weighted by molar-refractivity contribution is 9.10. The number of hydrogen-bond acceptors (Lipinski definition) is 1. The van der Waals surface area contributed by atoms with E-state index in [1.54, 1.807) is 18.2 Å². The van der Waals surface area contributed by atoms with Gasteiger partial charge in [-0.25, -0.2) is 0 Å². The van der Waals surface area contributed by atoms with E-state index in [0.29, 0.717) is 28.0 Å². The van der Waals surface area contributed by atoms with Gasteiger partial charge in [-0.15, -0.1) is 12.3 Å². The van der Waals surface area contributed by atoms with Crippen molar-refractivity contribution in [3.63, 3.8) is 0 Å². The maximum absolute atomic E-state index is 11.7. The van der Waals surface area contributed by atoms with Gasteiger partial charge in [0.05, 0.1) is 5.56 Å². The second-order valence-electron chi connectivity index (χ2n) is 3.19. The van der Waals surface area contributed by atoms with Gasteiger partial charge in [0.1, 0.15) is 0 Å². The van der Waals surface area contributed by atoms with Gasteiger partial charge >= 0.3 is 0 Å². The van der Waals surface area contributed by atoms with Gasteiger partial charge in [-0.2, -0.15) is 0 Å². The normalized spacial score (nSPS) is 9.56. The number of unbranched alkanes of at least 4 members (excludes halogenated alkanes) is 1. The molecule has 16 heavy (non-hydrogen) atoms. The van der Waals surface area contributed by atoms with Gasteiger partial charge in [-0.1, -0.05) is 11.6 Å². The Kier molecular flexibility index (Phi) is 5.37. The van der Waals surface area contributed by atoms with E-state index < -0.39 is 0 Å². The van der Waals surface area contributed by atoms with E-state index in [9.17, 15) is 4.79 Å². The molecular formula is C12H11BrClNO. The molecule has 0 atom stereocenters. The monoisotopic (exact) mass is 299 g/mol. The smallest absolute Gasteiger partial charge is 0.252 e. The minimum absolute atomic E-state index is 0.124. The van der Waals surface area contributed by atoms with E-state index >= 15 is 0 Å². The SMILES string of the molecule is C#CCCCNC(=O)c1ccc(Cl)cc1Br. The average molecular weight is 301 g/mol. The number of terminal acetylenes is 1. The van der Waals surface area contributed by atoms with Crippen LogP contribution in [-0.4, -0.2) is 12.5 Å². The summed E-state index contributed by atoms with van der Waals surface area (Å²) in [7, 11) is 0. The quantitative estimate of drug-likeness (QED) is 0.671. The molecule has 0 aliphatic heterocycles. The first kappa shape index (κ1) is 13.1. The largest absolute Gasteiger partial charge is 0.352 e. The van der Waals surface area contributed by atoms with Crippen LogP contribution < -0.4 is 5.32 Å². The lowest BCUT2D eigenvalue weighted by Crippen LogP contribution is -2.24. The lowest BCUT2D eigenvalue weighted by atomic mass is 10.2. The summed E-state index contributed by atoms with van der Waals surface area (Å²) in [6.07, 6.45) is 6.57. The lowest BCUT2D eigenvalue weighted by Gasteiger charge is -2.06. The molecule has 2 nitrogen and oxygen atoms in total. The third-order valence-electron chi connectivity index (χ3n) is 1.96. The Morgan fingerprint density at radius 3 is 2.94 bits per heavy atom. The molecule has 4 heteroatoms. The number of halogens is 2. The fraction of sp³-hybridized carbons (Fsp3) is 0.250. The molecule has 0 unspecified atom stereocenters. The van der Waals surface area contributed by atoms with Crippen molar-refractivity contribution in [2.45, 2.75) is 12.8 Å². The van der Waals surface area contributed by atoms with E-state index in [0.717, 1.165) is 6.42 Å². The van der Waals surface area contributed by atoms with Gasteiger partial charge in [0.25, 0.3) is 5.91 Å². The molecular weight excluding hydrogens is 289 g/mol. The second kappa shape index (κ2) is 6.57. The summed E-state index contributed by atoms with van der Waals surface area (Å²) >= 11 is 9.08. The third kappa shape index (κ3) is 3.88. The maximum Gasteiger partial charge on any atom is 0.252 e. The summed E-state index contributed by atoms with van der Waals surface area (Å²) in [5.74, 6) is 2.40. The van der Waals surface area contributed by atoms with Crippen LogP contribution in [0.3, 0.4) is 0 Å². The van der Waals surface area contributed by atoms with E-state index in [4.69, 9.17) is 18.0 Å². The van der Waals surface area contributed by atoms with E-state index in [1.807, 2.05) is 0 Å². The Morgan fingerprint density at radius 2 is 2.31 bits per heavy atom. The molecule has 1 aromatic rings. The summed E-state index contributed by atoms with van der Waals surface area (Å²) in [6, 6.07) is 5.06. The fourth-order valence-electron chi connectivity index (χ4n) is 1.16. The number of amides is 1. The van der Waals surface area contributed by atoms with Gasteiger partial charge in [0.2, 0.25) is 0 Å². The van der Waals surface area contributed by atoms with Gasteiger partial charge in [-0.05, 0) is 40.5 Å². The van der Waals surface area contributed by atoms with Crippen molar-refractivity contribution in [1.82, 2.24) is 5.32 Å². The van der Waals surface area contributed by atoms with Crippen LogP contribution in [0.5, 0.6) is 0 Å². The molecule has 0 radical (unpaired) electrons. The molecule has 84 valence electrons. The third-order valence-corrected chi connectivity index (χ3v) is 2.85. The van der Waals surface area contributed by atoms with Crippen LogP contribution in [0.15, 0.2) is 22.7 Å². The van der Waals surface area contributed by atoms with Gasteiger partial charge in [0.15, 0.2) is 0 Å². The molecule has 0 aliphatic carbocycles. The predicted molar refractivity (Wildman–Crippen MR) is 69.6 cm³/mol. The van der Waals surface area contributed by atoms with Crippen LogP contribution in [0.25, 0.3) is 0 Å². The molecule has 0 aromatic heterocycles. The Labute approximate surface area is 109 Å². The average Bonchev–Trinajstić information content (AvgIpc) is 2.24. The zero-order valence-corrected chi connectivity index (χ0v) is 10.9. The van der Waals surface area contributed by atoms with Gasteiger partial charge in [0, 0.05) is 22.5 Å². The molecule has 1 rings (SSSR count). The van der Waals surface area contributed by atoms with E-state index in [-0.39, 0.29) is 5.91 Å². The Balaban J connectivity index is 2.57. The molecule has 0 fully saturated rings. The number of carbonyl (C=O) groups is 1. The molecule has 0 spiro atoms. The molecule has 1 N–H and O–H groups in total. The van der Waals surface area contributed by atoms with Crippen molar-refractivity contribution in [1.29, 1.82) is 0 Å². The van der Waals surface area contributed by atoms with E-state index in [1.165, 1.54) is 0 Å². The first-order chi connectivity index (χ1) is 7.65. The summed E-state index contributed by atoms with van der Waals surface area (Å²) in [4.78, 5) is 11.7. The second-order valence-corrected chi connectivity index (χ2v) is 4.48. The van der Waals surface area contributed by atoms with Crippen LogP contribution in [-0.2, 0) is 0 Å². The Hall–Kier alpha value is -0.980. The number of nitrogens with one attached hydrogen (secondary N) is 1. The molecule has 0 saturated heterocycles. The summed E-state index contributed by atoms with van der Waals surface area (Å²) in [6.45, 7) is 0.581. The Morgan fingerprint density at radius 1 is 1.56 bits per heavy atom. The van der Waals surface area contributed by atoms with Gasteiger partial charge in [-0.3, -0.25) is 4.79 Å². The van der Waals surface area contributed by atoms with Crippen LogP contribution in [0, 0.1) is 12.3 Å². The topological polar surface area (TPSA) is 29.1 Å². The van der Waals surface area contributed by atoms with Crippen LogP contribution >= 0.6 is 27.5 Å². The minimum Gasteiger partial charge on any atom is -0.352 e. The predicted octanol–water partition coefficient (Wildman–Crippen LogP) is 3.25. The summed E-state index contributed by atoms with van der Waals surface area (Å²) in [5, 5.41) is 3.38. The number of carbonyl (C=O) groups excluding carboxylic acids is 1. The zero-order chi connectivity index (χ0) is 12.0. The zero-order valence-electron chi connectivity index (χ0n) is 8.59. The van der Waals surface area contributed by atoms with Gasteiger partial charge < -0.3 is 5.32 Å². The summed E-state index contributed by atoms with van der Waals surface area (Å²) in [5.41, 5.74) is 0.574. The number of hydrogen-bond donors (Lipinski definition) is 1. The molecule has 0 aliphatic rings. The maximum atomic E-state index is 11.7. The molecule has 1 amide bonds. The van der Waals surface area contributed by atoms with Crippen molar-refractivity contribution in [2.75, 3.05) is 6.54 Å². The van der Waals surface area contributed by atoms with Crippen LogP contribution in [0.4, 0.5) is 0 Å². The van der Waals surface area contributed by atoms with Crippen LogP contribution in [0.1, 0.15) is 23.2 Å². The van der Waals surface area contributed by atoms with E-state index in [2.05, 4.69) is 27.2 Å². The highest BCUT2D eigenvalue weighted by atomic mass is 79.9. The molecule has 1 aromatic carbocycles. The van der Waals surface area contributed by atoms with Crippen molar-refractivity contribution >= 4 is 33.4 Å². The first-order valence-corrected chi connectivity index (χ1v) is 5.99. The first-order valence-electron chi connectivity index (χ1n) is 4.82. The standard InChI is InChI=1S/C12H11BrClNO/c1-2-3-4-7-15-12(16)10-6-5-9(14)8-11(10)13/h1,5-6,8H,3-4,7H2,(H,15,16). The minimum atomic E-state index is -0.124. The van der Waals surface area contributed by atoms with Crippen LogP contribution in [0.2, 0.25) is 5.02 Å². The number of rotatable bonds is 4. The van der Waals surface area contributed by atoms with Crippen molar-refractivity contribution in [3.05, 3.63) is 33.3 Å². The van der Waals surface area contributed by atoms with Crippen molar-refractivity contribution in [3.8, 4) is 12.3 Å². The Bertz CT molecular complexity index is 426. The highest BCUT2D eigenvalue weighted by Crippen LogP contribution is 2.21. The summed E-state index contributed by atoms with van der Waals surface area (Å²) < 4.78 is 0.689. The number of benzene rings is 1. The molecule has 0 bridgehead atoms. The van der Waals surface area contributed by atoms with Crippen molar-refractivity contribution in [2.24, 2.45) is 0 Å². The highest BCUT2D eigenvalue weighted by Gasteiger charge is 2.09.